The normalized spacial score (nSPS) is 11.4. The molecule has 3 rings (SSSR count). The summed E-state index contributed by atoms with van der Waals surface area (Å²) in [4.78, 5) is 12.0. The fraction of sp³-hybridized carbons (Fsp3) is 0.0588. The summed E-state index contributed by atoms with van der Waals surface area (Å²) >= 11 is 11.9. The van der Waals surface area contributed by atoms with E-state index in [-0.39, 0.29) is 22.7 Å². The lowest BCUT2D eigenvalue weighted by molar-refractivity contribution is -0.115. The van der Waals surface area contributed by atoms with E-state index in [4.69, 9.17) is 28.3 Å². The van der Waals surface area contributed by atoms with Gasteiger partial charge < -0.3 is 5.32 Å². The number of hydrogen-bond donors (Lipinski definition) is 2. The lowest BCUT2D eigenvalue weighted by Gasteiger charge is -2.12. The number of sulfonamides is 1. The van der Waals surface area contributed by atoms with Gasteiger partial charge in [-0.3, -0.25) is 4.79 Å². The van der Waals surface area contributed by atoms with Crippen LogP contribution < -0.4 is 10.5 Å². The lowest BCUT2D eigenvalue weighted by Crippen LogP contribution is -2.18. The quantitative estimate of drug-likeness (QED) is 0.632. The number of nitrogens with one attached hydrogen (secondary N) is 1. The topological polar surface area (TPSA) is 107 Å². The Hall–Kier alpha value is -2.46. The predicted octanol–water partition coefficient (Wildman–Crippen LogP) is 3.15. The number of aromatic nitrogens is 2. The van der Waals surface area contributed by atoms with Crippen LogP contribution in [-0.4, -0.2) is 24.1 Å². The maximum absolute atomic E-state index is 13.2. The van der Waals surface area contributed by atoms with Crippen LogP contribution in [0.5, 0.6) is 0 Å². The Morgan fingerprint density at radius 2 is 1.96 bits per heavy atom. The van der Waals surface area contributed by atoms with Crippen LogP contribution in [0.2, 0.25) is 10.0 Å². The maximum Gasteiger partial charge on any atom is 0.240 e. The molecule has 0 unspecified atom stereocenters. The Labute approximate surface area is 169 Å². The molecule has 3 aromatic rings. The molecule has 0 aliphatic heterocycles. The van der Waals surface area contributed by atoms with Gasteiger partial charge in [-0.1, -0.05) is 29.3 Å². The van der Waals surface area contributed by atoms with Crippen molar-refractivity contribution in [3.8, 4) is 5.69 Å². The number of hydrogen-bond acceptors (Lipinski definition) is 4. The first-order chi connectivity index (χ1) is 13.1. The number of nitrogens with two attached hydrogens (primary N) is 1. The van der Waals surface area contributed by atoms with Gasteiger partial charge in [-0.15, -0.1) is 0 Å². The van der Waals surface area contributed by atoms with Gasteiger partial charge in [0, 0.05) is 15.7 Å². The SMILES string of the molecule is NS(=O)(=O)c1cc(NC(=O)Cc2ccc(Cl)cc2Cl)ccc1-n1cc(F)cn1. The van der Waals surface area contributed by atoms with Crippen molar-refractivity contribution in [2.24, 2.45) is 5.14 Å². The Kier molecular flexibility index (Phi) is 5.71. The lowest BCUT2D eigenvalue weighted by atomic mass is 10.1. The first-order valence-electron chi connectivity index (χ1n) is 7.74. The molecule has 0 aliphatic rings. The molecule has 3 N–H and O–H groups in total. The van der Waals surface area contributed by atoms with Crippen LogP contribution >= 0.6 is 23.2 Å². The number of benzene rings is 2. The van der Waals surface area contributed by atoms with E-state index in [0.29, 0.717) is 15.6 Å². The van der Waals surface area contributed by atoms with Crippen LogP contribution in [0.1, 0.15) is 5.56 Å². The molecule has 7 nitrogen and oxygen atoms in total. The van der Waals surface area contributed by atoms with Gasteiger partial charge in [-0.05, 0) is 35.9 Å². The van der Waals surface area contributed by atoms with Crippen LogP contribution in [0.15, 0.2) is 53.7 Å². The molecule has 0 bridgehead atoms. The van der Waals surface area contributed by atoms with Crippen molar-refractivity contribution < 1.29 is 17.6 Å². The number of carbonyl (C=O) groups excluding carboxylic acids is 1. The van der Waals surface area contributed by atoms with E-state index in [1.807, 2.05) is 0 Å². The van der Waals surface area contributed by atoms with Gasteiger partial charge in [0.1, 0.15) is 4.90 Å². The van der Waals surface area contributed by atoms with Gasteiger partial charge in [0.05, 0.1) is 24.5 Å². The molecule has 0 aliphatic carbocycles. The highest BCUT2D eigenvalue weighted by atomic mass is 35.5. The minimum absolute atomic E-state index is 0.0464. The van der Waals surface area contributed by atoms with E-state index in [2.05, 4.69) is 10.4 Å². The third kappa shape index (κ3) is 4.68. The molecular weight excluding hydrogens is 430 g/mol. The zero-order valence-corrected chi connectivity index (χ0v) is 16.4. The standard InChI is InChI=1S/C17H13Cl2FN4O3S/c18-11-2-1-10(14(19)6-11)5-17(25)23-13-3-4-15(16(7-13)28(21,26)27)24-9-12(20)8-22-24/h1-4,6-9H,5H2,(H,23,25)(H2,21,26,27). The summed E-state index contributed by atoms with van der Waals surface area (Å²) in [7, 11) is -4.17. The molecule has 146 valence electrons. The summed E-state index contributed by atoms with van der Waals surface area (Å²) in [5, 5.41) is 12.3. The van der Waals surface area contributed by atoms with Gasteiger partial charge in [0.15, 0.2) is 5.82 Å². The van der Waals surface area contributed by atoms with Crippen LogP contribution in [-0.2, 0) is 21.2 Å². The molecule has 0 saturated carbocycles. The molecule has 1 aromatic heterocycles. The van der Waals surface area contributed by atoms with E-state index >= 15 is 0 Å². The van der Waals surface area contributed by atoms with Crippen LogP contribution in [0.3, 0.4) is 0 Å². The van der Waals surface area contributed by atoms with Gasteiger partial charge in [-0.25, -0.2) is 22.6 Å². The highest BCUT2D eigenvalue weighted by molar-refractivity contribution is 7.89. The Morgan fingerprint density at radius 1 is 1.21 bits per heavy atom. The van der Waals surface area contributed by atoms with Crippen molar-refractivity contribution in [1.29, 1.82) is 0 Å². The second kappa shape index (κ2) is 7.88. The summed E-state index contributed by atoms with van der Waals surface area (Å²) in [5.41, 5.74) is 0.791. The summed E-state index contributed by atoms with van der Waals surface area (Å²) in [5.74, 6) is -1.07. The van der Waals surface area contributed by atoms with E-state index in [1.54, 1.807) is 12.1 Å². The molecule has 0 spiro atoms. The first kappa shape index (κ1) is 20.3. The van der Waals surface area contributed by atoms with Crippen molar-refractivity contribution in [2.75, 3.05) is 5.32 Å². The third-order valence-corrected chi connectivity index (χ3v) is 5.24. The molecule has 0 saturated heterocycles. The summed E-state index contributed by atoms with van der Waals surface area (Å²) in [6.07, 6.45) is 1.89. The van der Waals surface area contributed by atoms with E-state index < -0.39 is 21.7 Å². The average molecular weight is 443 g/mol. The average Bonchev–Trinajstić information content (AvgIpc) is 3.03. The molecule has 0 atom stereocenters. The predicted molar refractivity (Wildman–Crippen MR) is 104 cm³/mol. The summed E-state index contributed by atoms with van der Waals surface area (Å²) < 4.78 is 38.1. The van der Waals surface area contributed by atoms with Crippen LogP contribution in [0, 0.1) is 5.82 Å². The van der Waals surface area contributed by atoms with Crippen molar-refractivity contribution in [3.63, 3.8) is 0 Å². The molecule has 0 fully saturated rings. The van der Waals surface area contributed by atoms with E-state index in [9.17, 15) is 17.6 Å². The van der Waals surface area contributed by atoms with Gasteiger partial charge in [-0.2, -0.15) is 5.10 Å². The second-order valence-electron chi connectivity index (χ2n) is 5.79. The van der Waals surface area contributed by atoms with Gasteiger partial charge >= 0.3 is 0 Å². The smallest absolute Gasteiger partial charge is 0.240 e. The van der Waals surface area contributed by atoms with Gasteiger partial charge in [0.25, 0.3) is 0 Å². The Morgan fingerprint density at radius 3 is 2.57 bits per heavy atom. The Balaban J connectivity index is 1.87. The zero-order valence-electron chi connectivity index (χ0n) is 14.1. The molecule has 28 heavy (non-hydrogen) atoms. The molecular formula is C17H13Cl2FN4O3S. The monoisotopic (exact) mass is 442 g/mol. The number of amides is 1. The van der Waals surface area contributed by atoms with Crippen molar-refractivity contribution >= 4 is 44.8 Å². The van der Waals surface area contributed by atoms with Crippen molar-refractivity contribution in [3.05, 3.63) is 70.2 Å². The van der Waals surface area contributed by atoms with E-state index in [0.717, 1.165) is 17.1 Å². The third-order valence-electron chi connectivity index (χ3n) is 3.71. The highest BCUT2D eigenvalue weighted by Crippen LogP contribution is 2.24. The van der Waals surface area contributed by atoms with Crippen molar-refractivity contribution in [1.82, 2.24) is 9.78 Å². The summed E-state index contributed by atoms with van der Waals surface area (Å²) in [6.45, 7) is 0. The first-order valence-corrected chi connectivity index (χ1v) is 10.0. The number of carbonyl (C=O) groups is 1. The Bertz CT molecular complexity index is 1160. The number of rotatable bonds is 5. The number of primary sulfonamides is 1. The maximum atomic E-state index is 13.2. The van der Waals surface area contributed by atoms with Crippen LogP contribution in [0.25, 0.3) is 5.69 Å². The highest BCUT2D eigenvalue weighted by Gasteiger charge is 2.18. The molecule has 0 radical (unpaired) electrons. The number of halogens is 3. The van der Waals surface area contributed by atoms with Crippen LogP contribution in [0.4, 0.5) is 10.1 Å². The fourth-order valence-corrected chi connectivity index (χ4v) is 3.70. The molecule has 11 heteroatoms. The number of anilines is 1. The van der Waals surface area contributed by atoms with Crippen molar-refractivity contribution in [2.45, 2.75) is 11.3 Å². The molecule has 1 heterocycles. The zero-order chi connectivity index (χ0) is 20.5. The largest absolute Gasteiger partial charge is 0.326 e. The minimum atomic E-state index is -4.17. The summed E-state index contributed by atoms with van der Waals surface area (Å²) in [6, 6.07) is 8.72. The van der Waals surface area contributed by atoms with E-state index in [1.165, 1.54) is 24.3 Å². The minimum Gasteiger partial charge on any atom is -0.326 e. The van der Waals surface area contributed by atoms with Gasteiger partial charge in [0.2, 0.25) is 15.9 Å². The second-order valence-corrected chi connectivity index (χ2v) is 8.16. The molecule has 1 amide bonds. The molecule has 2 aromatic carbocycles. The fourth-order valence-electron chi connectivity index (χ4n) is 2.48. The number of nitrogens with zero attached hydrogens (tertiary/aromatic N) is 2.